The molecular formula is C17H23N3O4S. The fourth-order valence-electron chi connectivity index (χ4n) is 2.38. The summed E-state index contributed by atoms with van der Waals surface area (Å²) in [6.07, 6.45) is 0.0669. The monoisotopic (exact) mass is 365 g/mol. The predicted octanol–water partition coefficient (Wildman–Crippen LogP) is 1.93. The highest BCUT2D eigenvalue weighted by Crippen LogP contribution is 2.16. The molecule has 0 saturated carbocycles. The Balaban J connectivity index is 1.90. The van der Waals surface area contributed by atoms with Crippen LogP contribution in [0.2, 0.25) is 0 Å². The smallest absolute Gasteiger partial charge is 0.240 e. The van der Waals surface area contributed by atoms with Crippen LogP contribution < -0.4 is 4.72 Å². The summed E-state index contributed by atoms with van der Waals surface area (Å²) < 4.78 is 32.2. The van der Waals surface area contributed by atoms with Gasteiger partial charge < -0.3 is 9.42 Å². The van der Waals surface area contributed by atoms with Gasteiger partial charge in [0.25, 0.3) is 0 Å². The number of aryl methyl sites for hydroxylation is 3. The second-order valence-corrected chi connectivity index (χ2v) is 7.83. The van der Waals surface area contributed by atoms with Crippen molar-refractivity contribution in [2.75, 3.05) is 13.6 Å². The van der Waals surface area contributed by atoms with Crippen molar-refractivity contribution in [2.45, 2.75) is 38.6 Å². The second-order valence-electron chi connectivity index (χ2n) is 6.10. The van der Waals surface area contributed by atoms with E-state index in [2.05, 4.69) is 9.88 Å². The number of carbonyl (C=O) groups is 1. The number of carbonyl (C=O) groups excluding carboxylic acids is 1. The molecule has 0 atom stereocenters. The molecule has 25 heavy (non-hydrogen) atoms. The molecule has 0 aliphatic rings. The number of aromatic nitrogens is 1. The van der Waals surface area contributed by atoms with Gasteiger partial charge in [-0.15, -0.1) is 0 Å². The molecule has 0 spiro atoms. The van der Waals surface area contributed by atoms with Crippen LogP contribution in [-0.2, 0) is 21.4 Å². The molecular weight excluding hydrogens is 342 g/mol. The van der Waals surface area contributed by atoms with Crippen LogP contribution in [0.1, 0.15) is 29.0 Å². The Hall–Kier alpha value is -2.19. The summed E-state index contributed by atoms with van der Waals surface area (Å²) in [6.45, 7) is 5.71. The third-order valence-corrected chi connectivity index (χ3v) is 5.37. The molecule has 0 radical (unpaired) electrons. The average molecular weight is 365 g/mol. The van der Waals surface area contributed by atoms with Crippen LogP contribution in [-0.4, -0.2) is 38.0 Å². The summed E-state index contributed by atoms with van der Waals surface area (Å²) in [7, 11) is -1.99. The molecule has 0 fully saturated rings. The van der Waals surface area contributed by atoms with Crippen molar-refractivity contribution in [1.82, 2.24) is 14.8 Å². The topological polar surface area (TPSA) is 92.5 Å². The first-order valence-electron chi connectivity index (χ1n) is 7.92. The normalized spacial score (nSPS) is 11.5. The van der Waals surface area contributed by atoms with Gasteiger partial charge in [0.15, 0.2) is 0 Å². The Morgan fingerprint density at radius 1 is 1.24 bits per heavy atom. The van der Waals surface area contributed by atoms with Crippen LogP contribution in [0.3, 0.4) is 0 Å². The van der Waals surface area contributed by atoms with Crippen molar-refractivity contribution in [1.29, 1.82) is 0 Å². The SMILES string of the molecule is Cc1ccc(C)c(S(=O)(=O)NCCC(=O)N(C)Cc2cc(C)on2)c1. The highest BCUT2D eigenvalue weighted by molar-refractivity contribution is 7.89. The Labute approximate surface area is 148 Å². The maximum Gasteiger partial charge on any atom is 0.240 e. The van der Waals surface area contributed by atoms with Gasteiger partial charge in [-0.3, -0.25) is 4.79 Å². The van der Waals surface area contributed by atoms with E-state index in [1.54, 1.807) is 39.1 Å². The first-order valence-corrected chi connectivity index (χ1v) is 9.40. The van der Waals surface area contributed by atoms with Gasteiger partial charge in [-0.1, -0.05) is 17.3 Å². The fraction of sp³-hybridized carbons (Fsp3) is 0.412. The molecule has 1 heterocycles. The van der Waals surface area contributed by atoms with Gasteiger partial charge in [-0.05, 0) is 38.0 Å². The van der Waals surface area contributed by atoms with E-state index < -0.39 is 10.0 Å². The van der Waals surface area contributed by atoms with Gasteiger partial charge in [-0.2, -0.15) is 0 Å². The number of rotatable bonds is 7. The molecule has 2 aromatic rings. The fourth-order valence-corrected chi connectivity index (χ4v) is 3.74. The minimum absolute atomic E-state index is 0.0384. The molecule has 0 unspecified atom stereocenters. The zero-order chi connectivity index (χ0) is 18.6. The molecule has 1 aromatic heterocycles. The maximum atomic E-state index is 12.4. The summed E-state index contributed by atoms with van der Waals surface area (Å²) in [5.41, 5.74) is 2.19. The van der Waals surface area contributed by atoms with E-state index in [1.807, 2.05) is 13.0 Å². The van der Waals surface area contributed by atoms with Gasteiger partial charge in [-0.25, -0.2) is 13.1 Å². The highest BCUT2D eigenvalue weighted by atomic mass is 32.2. The molecule has 0 aliphatic heterocycles. The summed E-state index contributed by atoms with van der Waals surface area (Å²) in [5, 5.41) is 3.83. The molecule has 0 aliphatic carbocycles. The number of hydrogen-bond donors (Lipinski definition) is 1. The minimum Gasteiger partial charge on any atom is -0.361 e. The van der Waals surface area contributed by atoms with Crippen molar-refractivity contribution < 1.29 is 17.7 Å². The van der Waals surface area contributed by atoms with Gasteiger partial charge in [0.2, 0.25) is 15.9 Å². The molecule has 2 rings (SSSR count). The highest BCUT2D eigenvalue weighted by Gasteiger charge is 2.18. The Morgan fingerprint density at radius 3 is 2.60 bits per heavy atom. The number of benzene rings is 1. The van der Waals surface area contributed by atoms with Crippen LogP contribution in [0.5, 0.6) is 0 Å². The summed E-state index contributed by atoms with van der Waals surface area (Å²) in [6, 6.07) is 7.01. The number of hydrogen-bond acceptors (Lipinski definition) is 5. The van der Waals surface area contributed by atoms with Crippen molar-refractivity contribution in [3.8, 4) is 0 Å². The zero-order valence-electron chi connectivity index (χ0n) is 14.9. The number of nitrogens with one attached hydrogen (secondary N) is 1. The first-order chi connectivity index (χ1) is 11.7. The molecule has 1 amide bonds. The van der Waals surface area contributed by atoms with Crippen molar-refractivity contribution in [2.24, 2.45) is 0 Å². The summed E-state index contributed by atoms with van der Waals surface area (Å²) >= 11 is 0. The number of nitrogens with zero attached hydrogens (tertiary/aromatic N) is 2. The largest absolute Gasteiger partial charge is 0.361 e. The average Bonchev–Trinajstić information content (AvgIpc) is 2.94. The van der Waals surface area contributed by atoms with E-state index in [4.69, 9.17) is 4.52 Å². The lowest BCUT2D eigenvalue weighted by atomic mass is 10.2. The van der Waals surface area contributed by atoms with Crippen molar-refractivity contribution in [3.63, 3.8) is 0 Å². The predicted molar refractivity (Wildman–Crippen MR) is 93.4 cm³/mol. The van der Waals surface area contributed by atoms with E-state index in [9.17, 15) is 13.2 Å². The summed E-state index contributed by atoms with van der Waals surface area (Å²) in [4.78, 5) is 13.9. The third kappa shape index (κ3) is 5.14. The Bertz CT molecular complexity index is 859. The van der Waals surface area contributed by atoms with E-state index in [0.29, 0.717) is 23.6 Å². The Morgan fingerprint density at radius 2 is 1.96 bits per heavy atom. The van der Waals surface area contributed by atoms with Gasteiger partial charge in [0.05, 0.1) is 11.4 Å². The maximum absolute atomic E-state index is 12.4. The van der Waals surface area contributed by atoms with Gasteiger partial charge >= 0.3 is 0 Å². The van der Waals surface area contributed by atoms with Gasteiger partial charge in [0, 0.05) is 26.1 Å². The van der Waals surface area contributed by atoms with Crippen LogP contribution in [0, 0.1) is 20.8 Å². The minimum atomic E-state index is -3.64. The van der Waals surface area contributed by atoms with Crippen molar-refractivity contribution >= 4 is 15.9 Å². The van der Waals surface area contributed by atoms with Crippen LogP contribution in [0.4, 0.5) is 0 Å². The third-order valence-electron chi connectivity index (χ3n) is 3.77. The molecule has 1 N–H and O–H groups in total. The van der Waals surface area contributed by atoms with E-state index >= 15 is 0 Å². The molecule has 136 valence electrons. The lowest BCUT2D eigenvalue weighted by Gasteiger charge is -2.16. The van der Waals surface area contributed by atoms with E-state index in [1.165, 1.54) is 4.90 Å². The number of sulfonamides is 1. The molecule has 0 saturated heterocycles. The van der Waals surface area contributed by atoms with E-state index in [-0.39, 0.29) is 23.8 Å². The quantitative estimate of drug-likeness (QED) is 0.809. The van der Waals surface area contributed by atoms with Crippen LogP contribution in [0.25, 0.3) is 0 Å². The number of amides is 1. The molecule has 8 heteroatoms. The second kappa shape index (κ2) is 7.79. The zero-order valence-corrected chi connectivity index (χ0v) is 15.7. The summed E-state index contributed by atoms with van der Waals surface area (Å²) in [5.74, 6) is 0.501. The lowest BCUT2D eigenvalue weighted by Crippen LogP contribution is -2.32. The first kappa shape index (κ1) is 19.1. The molecule has 7 nitrogen and oxygen atoms in total. The van der Waals surface area contributed by atoms with Gasteiger partial charge in [0.1, 0.15) is 11.5 Å². The van der Waals surface area contributed by atoms with E-state index in [0.717, 1.165) is 5.56 Å². The lowest BCUT2D eigenvalue weighted by molar-refractivity contribution is -0.130. The van der Waals surface area contributed by atoms with Crippen LogP contribution >= 0.6 is 0 Å². The van der Waals surface area contributed by atoms with Crippen LogP contribution in [0.15, 0.2) is 33.7 Å². The molecule has 1 aromatic carbocycles. The Kier molecular flexibility index (Phi) is 5.97. The molecule has 0 bridgehead atoms. The standard InChI is InChI=1S/C17H23N3O4S/c1-12-5-6-13(2)16(9-12)25(22,23)18-8-7-17(21)20(4)11-15-10-14(3)24-19-15/h5-6,9-10,18H,7-8,11H2,1-4H3. The van der Waals surface area contributed by atoms with Crippen molar-refractivity contribution in [3.05, 3.63) is 46.8 Å².